The standard InChI is InChI=1S/C17H23F2NO/c1-11(2)17(18,19)15(21)20-9-8-12-10-13(16(3,4)5)6-7-14(12)20/h6-7,10-11H,8-9H2,1-5H3. The summed E-state index contributed by atoms with van der Waals surface area (Å²) < 4.78 is 27.9. The Morgan fingerprint density at radius 1 is 1.24 bits per heavy atom. The summed E-state index contributed by atoms with van der Waals surface area (Å²) in [5.41, 5.74) is 2.78. The molecule has 0 unspecified atom stereocenters. The van der Waals surface area contributed by atoms with Crippen molar-refractivity contribution in [2.24, 2.45) is 5.92 Å². The molecule has 1 aromatic rings. The van der Waals surface area contributed by atoms with E-state index in [2.05, 4.69) is 20.8 Å². The largest absolute Gasteiger partial charge is 0.327 e. The second kappa shape index (κ2) is 5.08. The van der Waals surface area contributed by atoms with E-state index in [1.54, 1.807) is 6.07 Å². The fourth-order valence-electron chi connectivity index (χ4n) is 2.51. The normalized spacial score (nSPS) is 15.5. The van der Waals surface area contributed by atoms with E-state index in [4.69, 9.17) is 0 Å². The molecule has 1 aliphatic heterocycles. The zero-order valence-electron chi connectivity index (χ0n) is 13.3. The van der Waals surface area contributed by atoms with Crippen LogP contribution in [-0.2, 0) is 16.6 Å². The molecule has 0 saturated heterocycles. The highest BCUT2D eigenvalue weighted by atomic mass is 19.3. The molecule has 0 spiro atoms. The number of benzene rings is 1. The van der Waals surface area contributed by atoms with Crippen molar-refractivity contribution in [1.82, 2.24) is 0 Å². The van der Waals surface area contributed by atoms with Crippen molar-refractivity contribution in [3.63, 3.8) is 0 Å². The van der Waals surface area contributed by atoms with Crippen molar-refractivity contribution in [3.8, 4) is 0 Å². The summed E-state index contributed by atoms with van der Waals surface area (Å²) in [7, 11) is 0. The number of alkyl halides is 2. The van der Waals surface area contributed by atoms with E-state index in [1.165, 1.54) is 18.7 Å². The Bertz CT molecular complexity index is 558. The molecular weight excluding hydrogens is 272 g/mol. The summed E-state index contributed by atoms with van der Waals surface area (Å²) in [4.78, 5) is 13.4. The third kappa shape index (κ3) is 2.81. The third-order valence-electron chi connectivity index (χ3n) is 4.10. The molecular formula is C17H23F2NO. The summed E-state index contributed by atoms with van der Waals surface area (Å²) >= 11 is 0. The highest BCUT2D eigenvalue weighted by Crippen LogP contribution is 2.36. The fraction of sp³-hybridized carbons (Fsp3) is 0.588. The zero-order valence-corrected chi connectivity index (χ0v) is 13.3. The van der Waals surface area contributed by atoms with E-state index in [9.17, 15) is 13.6 Å². The molecule has 1 amide bonds. The minimum absolute atomic E-state index is 0.00826. The first kappa shape index (κ1) is 15.9. The Balaban J connectivity index is 2.34. The minimum Gasteiger partial charge on any atom is -0.307 e. The molecule has 2 nitrogen and oxygen atoms in total. The van der Waals surface area contributed by atoms with Crippen LogP contribution in [-0.4, -0.2) is 18.4 Å². The van der Waals surface area contributed by atoms with Crippen molar-refractivity contribution in [3.05, 3.63) is 29.3 Å². The van der Waals surface area contributed by atoms with Gasteiger partial charge in [0.05, 0.1) is 0 Å². The highest BCUT2D eigenvalue weighted by molar-refractivity contribution is 6.00. The molecule has 0 aromatic heterocycles. The monoisotopic (exact) mass is 295 g/mol. The number of anilines is 1. The van der Waals surface area contributed by atoms with Crippen molar-refractivity contribution in [2.45, 2.75) is 52.4 Å². The number of halogens is 2. The summed E-state index contributed by atoms with van der Waals surface area (Å²) in [6, 6.07) is 5.77. The Morgan fingerprint density at radius 2 is 1.86 bits per heavy atom. The smallest absolute Gasteiger partial charge is 0.307 e. The lowest BCUT2D eigenvalue weighted by molar-refractivity contribution is -0.148. The van der Waals surface area contributed by atoms with Gasteiger partial charge in [0, 0.05) is 18.2 Å². The van der Waals surface area contributed by atoms with Crippen LogP contribution in [0.3, 0.4) is 0 Å². The van der Waals surface area contributed by atoms with Crippen molar-refractivity contribution >= 4 is 11.6 Å². The Hall–Kier alpha value is -1.45. The van der Waals surface area contributed by atoms with Crippen molar-refractivity contribution in [1.29, 1.82) is 0 Å². The Kier molecular flexibility index (Phi) is 3.85. The molecule has 1 heterocycles. The summed E-state index contributed by atoms with van der Waals surface area (Å²) in [6.45, 7) is 9.41. The lowest BCUT2D eigenvalue weighted by Gasteiger charge is -2.26. The second-order valence-corrected chi connectivity index (χ2v) is 7.08. The van der Waals surface area contributed by atoms with Gasteiger partial charge in [-0.1, -0.05) is 46.8 Å². The summed E-state index contributed by atoms with van der Waals surface area (Å²) in [5, 5.41) is 0. The predicted molar refractivity (Wildman–Crippen MR) is 81.0 cm³/mol. The van der Waals surface area contributed by atoms with Gasteiger partial charge in [0.2, 0.25) is 0 Å². The van der Waals surface area contributed by atoms with Gasteiger partial charge < -0.3 is 4.90 Å². The first-order chi connectivity index (χ1) is 9.55. The van der Waals surface area contributed by atoms with E-state index >= 15 is 0 Å². The lowest BCUT2D eigenvalue weighted by atomic mass is 9.86. The van der Waals surface area contributed by atoms with E-state index in [0.29, 0.717) is 18.7 Å². The predicted octanol–water partition coefficient (Wildman–Crippen LogP) is 4.16. The van der Waals surface area contributed by atoms with E-state index in [1.807, 2.05) is 12.1 Å². The van der Waals surface area contributed by atoms with Crippen LogP contribution in [0.4, 0.5) is 14.5 Å². The van der Waals surface area contributed by atoms with Crippen molar-refractivity contribution in [2.75, 3.05) is 11.4 Å². The second-order valence-electron chi connectivity index (χ2n) is 7.08. The quantitative estimate of drug-likeness (QED) is 0.802. The van der Waals surface area contributed by atoms with E-state index in [0.717, 1.165) is 11.1 Å². The summed E-state index contributed by atoms with van der Waals surface area (Å²) in [5.74, 6) is -5.40. The molecule has 0 atom stereocenters. The first-order valence-electron chi connectivity index (χ1n) is 7.38. The maximum atomic E-state index is 14.0. The van der Waals surface area contributed by atoms with Crippen LogP contribution in [0.2, 0.25) is 0 Å². The topological polar surface area (TPSA) is 20.3 Å². The van der Waals surface area contributed by atoms with Crippen molar-refractivity contribution < 1.29 is 13.6 Å². The molecule has 0 fully saturated rings. The Morgan fingerprint density at radius 3 is 2.38 bits per heavy atom. The van der Waals surface area contributed by atoms with Crippen LogP contribution in [0.25, 0.3) is 0 Å². The number of hydrogen-bond acceptors (Lipinski definition) is 1. The highest BCUT2D eigenvalue weighted by Gasteiger charge is 2.46. The van der Waals surface area contributed by atoms with Gasteiger partial charge in [-0.3, -0.25) is 4.79 Å². The van der Waals surface area contributed by atoms with Crippen LogP contribution in [0, 0.1) is 5.92 Å². The first-order valence-corrected chi connectivity index (χ1v) is 7.38. The molecule has 0 saturated carbocycles. The van der Waals surface area contributed by atoms with Crippen LogP contribution >= 0.6 is 0 Å². The number of rotatable bonds is 2. The maximum Gasteiger partial charge on any atom is 0.327 e. The lowest BCUT2D eigenvalue weighted by Crippen LogP contribution is -2.46. The molecule has 21 heavy (non-hydrogen) atoms. The molecule has 2 rings (SSSR count). The maximum absolute atomic E-state index is 14.0. The minimum atomic E-state index is -3.32. The average molecular weight is 295 g/mol. The van der Waals surface area contributed by atoms with E-state index < -0.39 is 17.7 Å². The van der Waals surface area contributed by atoms with Gasteiger partial charge in [-0.25, -0.2) is 0 Å². The molecule has 1 aliphatic rings. The van der Waals surface area contributed by atoms with E-state index in [-0.39, 0.29) is 5.41 Å². The average Bonchev–Trinajstić information content (AvgIpc) is 2.79. The third-order valence-corrected chi connectivity index (χ3v) is 4.10. The van der Waals surface area contributed by atoms with Gasteiger partial charge in [-0.15, -0.1) is 0 Å². The number of hydrogen-bond donors (Lipinski definition) is 0. The number of carbonyl (C=O) groups excluding carboxylic acids is 1. The number of nitrogens with zero attached hydrogens (tertiary/aromatic N) is 1. The molecule has 0 bridgehead atoms. The SMILES string of the molecule is CC(C)C(F)(F)C(=O)N1CCc2cc(C(C)(C)C)ccc21. The van der Waals surface area contributed by atoms with Gasteiger partial charge >= 0.3 is 5.92 Å². The number of carbonyl (C=O) groups is 1. The van der Waals surface area contributed by atoms with Crippen LogP contribution in [0.15, 0.2) is 18.2 Å². The molecule has 0 radical (unpaired) electrons. The summed E-state index contributed by atoms with van der Waals surface area (Å²) in [6.07, 6.45) is 0.638. The number of amides is 1. The van der Waals surface area contributed by atoms with Gasteiger partial charge in [0.1, 0.15) is 0 Å². The molecule has 4 heteroatoms. The number of fused-ring (bicyclic) bond motifs is 1. The van der Waals surface area contributed by atoms with Gasteiger partial charge in [0.25, 0.3) is 5.91 Å². The van der Waals surface area contributed by atoms with Crippen LogP contribution in [0.5, 0.6) is 0 Å². The van der Waals surface area contributed by atoms with Gasteiger partial charge in [-0.2, -0.15) is 8.78 Å². The molecule has 116 valence electrons. The van der Waals surface area contributed by atoms with Crippen LogP contribution < -0.4 is 4.90 Å². The molecule has 0 N–H and O–H groups in total. The fourth-order valence-corrected chi connectivity index (χ4v) is 2.51. The zero-order chi connectivity index (χ0) is 16.0. The molecule has 1 aromatic carbocycles. The Labute approximate surface area is 125 Å². The van der Waals surface area contributed by atoms with Crippen LogP contribution in [0.1, 0.15) is 45.7 Å². The molecule has 0 aliphatic carbocycles. The van der Waals surface area contributed by atoms with Gasteiger partial charge in [0.15, 0.2) is 0 Å². The van der Waals surface area contributed by atoms with Gasteiger partial charge in [-0.05, 0) is 29.0 Å².